The van der Waals surface area contributed by atoms with Crippen molar-refractivity contribution in [2.75, 3.05) is 0 Å². The highest BCUT2D eigenvalue weighted by molar-refractivity contribution is 5.93. The Kier molecular flexibility index (Phi) is 2.98. The van der Waals surface area contributed by atoms with Gasteiger partial charge in [-0.2, -0.15) is 0 Å². The van der Waals surface area contributed by atoms with Crippen LogP contribution in [0.15, 0.2) is 23.3 Å². The van der Waals surface area contributed by atoms with E-state index in [2.05, 4.69) is 26.8 Å². The Bertz CT molecular complexity index is 301. The largest absolute Gasteiger partial charge is 0.295 e. The molecule has 0 aromatic rings. The summed E-state index contributed by atoms with van der Waals surface area (Å²) in [4.78, 5) is 11.9. The molecule has 1 rings (SSSR count). The SMILES string of the molecule is CC(C)=CC(=O)C1CC=C(C)C1(C)C. The fraction of sp³-hybridized carbons (Fsp3) is 0.615. The van der Waals surface area contributed by atoms with Gasteiger partial charge in [-0.1, -0.05) is 31.1 Å². The summed E-state index contributed by atoms with van der Waals surface area (Å²) in [5.74, 6) is 0.431. The molecule has 0 saturated heterocycles. The van der Waals surface area contributed by atoms with Gasteiger partial charge in [0.25, 0.3) is 0 Å². The van der Waals surface area contributed by atoms with Crippen molar-refractivity contribution in [3.05, 3.63) is 23.3 Å². The number of carbonyl (C=O) groups excluding carboxylic acids is 1. The van der Waals surface area contributed by atoms with E-state index in [0.717, 1.165) is 12.0 Å². The monoisotopic (exact) mass is 192 g/mol. The number of hydrogen-bond donors (Lipinski definition) is 0. The van der Waals surface area contributed by atoms with Crippen molar-refractivity contribution in [1.82, 2.24) is 0 Å². The Morgan fingerprint density at radius 2 is 2.07 bits per heavy atom. The van der Waals surface area contributed by atoms with Gasteiger partial charge < -0.3 is 0 Å². The molecule has 1 nitrogen and oxygen atoms in total. The number of allylic oxidation sites excluding steroid dienone is 4. The van der Waals surface area contributed by atoms with Gasteiger partial charge in [-0.05, 0) is 38.7 Å². The van der Waals surface area contributed by atoms with Gasteiger partial charge in [-0.3, -0.25) is 4.79 Å². The second-order valence-corrected chi connectivity index (χ2v) is 5.02. The van der Waals surface area contributed by atoms with Crippen LogP contribution >= 0.6 is 0 Å². The van der Waals surface area contributed by atoms with E-state index in [4.69, 9.17) is 0 Å². The van der Waals surface area contributed by atoms with E-state index >= 15 is 0 Å². The van der Waals surface area contributed by atoms with Crippen molar-refractivity contribution >= 4 is 5.78 Å². The third kappa shape index (κ3) is 1.97. The van der Waals surface area contributed by atoms with Gasteiger partial charge in [-0.25, -0.2) is 0 Å². The summed E-state index contributed by atoms with van der Waals surface area (Å²) in [6.07, 6.45) is 4.88. The predicted octanol–water partition coefficient (Wildman–Crippen LogP) is 3.51. The highest BCUT2D eigenvalue weighted by atomic mass is 16.1. The second-order valence-electron chi connectivity index (χ2n) is 5.02. The highest BCUT2D eigenvalue weighted by Crippen LogP contribution is 2.43. The molecule has 0 bridgehead atoms. The van der Waals surface area contributed by atoms with Crippen LogP contribution in [0, 0.1) is 11.3 Å². The third-order valence-corrected chi connectivity index (χ3v) is 3.32. The average Bonchev–Trinajstić information content (AvgIpc) is 2.26. The van der Waals surface area contributed by atoms with Crippen LogP contribution in [0.4, 0.5) is 0 Å². The lowest BCUT2D eigenvalue weighted by Crippen LogP contribution is -2.26. The van der Waals surface area contributed by atoms with Crippen LogP contribution in [0.2, 0.25) is 0 Å². The average molecular weight is 192 g/mol. The maximum absolute atomic E-state index is 11.9. The fourth-order valence-electron chi connectivity index (χ4n) is 1.98. The number of carbonyl (C=O) groups is 1. The summed E-state index contributed by atoms with van der Waals surface area (Å²) in [5, 5.41) is 0. The van der Waals surface area contributed by atoms with E-state index in [1.54, 1.807) is 6.08 Å². The quantitative estimate of drug-likeness (QED) is 0.483. The smallest absolute Gasteiger partial charge is 0.159 e. The second kappa shape index (κ2) is 3.72. The van der Waals surface area contributed by atoms with Crippen molar-refractivity contribution in [3.8, 4) is 0 Å². The molecule has 0 amide bonds. The van der Waals surface area contributed by atoms with Crippen LogP contribution in [0.3, 0.4) is 0 Å². The molecule has 0 N–H and O–H groups in total. The van der Waals surface area contributed by atoms with Gasteiger partial charge >= 0.3 is 0 Å². The third-order valence-electron chi connectivity index (χ3n) is 3.32. The molecule has 0 aliphatic heterocycles. The van der Waals surface area contributed by atoms with Crippen LogP contribution in [-0.2, 0) is 4.79 Å². The van der Waals surface area contributed by atoms with Gasteiger partial charge in [0, 0.05) is 5.92 Å². The first-order chi connectivity index (χ1) is 6.35. The predicted molar refractivity (Wildman–Crippen MR) is 60.1 cm³/mol. The molecule has 1 aliphatic rings. The van der Waals surface area contributed by atoms with E-state index in [1.807, 2.05) is 13.8 Å². The fourth-order valence-corrected chi connectivity index (χ4v) is 1.98. The number of rotatable bonds is 2. The number of hydrogen-bond acceptors (Lipinski definition) is 1. The van der Waals surface area contributed by atoms with E-state index in [0.29, 0.717) is 0 Å². The van der Waals surface area contributed by atoms with Crippen molar-refractivity contribution < 1.29 is 4.79 Å². The molecule has 1 heteroatoms. The molecule has 0 aromatic carbocycles. The topological polar surface area (TPSA) is 17.1 Å². The van der Waals surface area contributed by atoms with Gasteiger partial charge in [0.15, 0.2) is 5.78 Å². The molecule has 78 valence electrons. The van der Waals surface area contributed by atoms with Crippen molar-refractivity contribution in [2.24, 2.45) is 11.3 Å². The van der Waals surface area contributed by atoms with Gasteiger partial charge in [0.2, 0.25) is 0 Å². The Hall–Kier alpha value is -0.850. The maximum atomic E-state index is 11.9. The molecule has 0 aromatic heterocycles. The zero-order valence-corrected chi connectivity index (χ0v) is 9.85. The summed E-state index contributed by atoms with van der Waals surface area (Å²) >= 11 is 0. The molecule has 0 fully saturated rings. The first-order valence-corrected chi connectivity index (χ1v) is 5.21. The van der Waals surface area contributed by atoms with Gasteiger partial charge in [0.05, 0.1) is 0 Å². The summed E-state index contributed by atoms with van der Waals surface area (Å²) in [6, 6.07) is 0. The first-order valence-electron chi connectivity index (χ1n) is 5.21. The zero-order valence-electron chi connectivity index (χ0n) is 9.85. The van der Waals surface area contributed by atoms with E-state index in [1.165, 1.54) is 5.57 Å². The normalized spacial score (nSPS) is 24.4. The molecule has 0 saturated carbocycles. The van der Waals surface area contributed by atoms with Crippen molar-refractivity contribution in [1.29, 1.82) is 0 Å². The van der Waals surface area contributed by atoms with Crippen LogP contribution in [0.25, 0.3) is 0 Å². The van der Waals surface area contributed by atoms with E-state index < -0.39 is 0 Å². The Morgan fingerprint density at radius 3 is 2.43 bits per heavy atom. The molecular formula is C13H20O. The highest BCUT2D eigenvalue weighted by Gasteiger charge is 2.38. The zero-order chi connectivity index (χ0) is 10.9. The molecule has 1 atom stereocenters. The van der Waals surface area contributed by atoms with Gasteiger partial charge in [0.1, 0.15) is 0 Å². The maximum Gasteiger partial charge on any atom is 0.159 e. The molecule has 14 heavy (non-hydrogen) atoms. The van der Waals surface area contributed by atoms with E-state index in [-0.39, 0.29) is 17.1 Å². The lowest BCUT2D eigenvalue weighted by atomic mass is 9.75. The Morgan fingerprint density at radius 1 is 1.50 bits per heavy atom. The van der Waals surface area contributed by atoms with Crippen LogP contribution in [0.5, 0.6) is 0 Å². The van der Waals surface area contributed by atoms with Gasteiger partial charge in [-0.15, -0.1) is 0 Å². The minimum Gasteiger partial charge on any atom is -0.295 e. The standard InChI is InChI=1S/C13H20O/c1-9(2)8-12(14)11-7-6-10(3)13(11,4)5/h6,8,11H,7H2,1-5H3. The lowest BCUT2D eigenvalue weighted by molar-refractivity contribution is -0.120. The molecular weight excluding hydrogens is 172 g/mol. The van der Waals surface area contributed by atoms with Crippen LogP contribution in [0.1, 0.15) is 41.0 Å². The Balaban J connectivity index is 2.84. The molecule has 1 aliphatic carbocycles. The summed E-state index contributed by atoms with van der Waals surface area (Å²) in [6.45, 7) is 10.4. The summed E-state index contributed by atoms with van der Waals surface area (Å²) < 4.78 is 0. The summed E-state index contributed by atoms with van der Waals surface area (Å²) in [5.41, 5.74) is 2.48. The summed E-state index contributed by atoms with van der Waals surface area (Å²) in [7, 11) is 0. The first kappa shape index (κ1) is 11.2. The van der Waals surface area contributed by atoms with E-state index in [9.17, 15) is 4.79 Å². The molecule has 0 radical (unpaired) electrons. The molecule has 0 heterocycles. The van der Waals surface area contributed by atoms with Crippen LogP contribution in [-0.4, -0.2) is 5.78 Å². The molecule has 1 unspecified atom stereocenters. The minimum atomic E-state index is 0.0447. The van der Waals surface area contributed by atoms with Crippen LogP contribution < -0.4 is 0 Å². The molecule has 0 spiro atoms. The lowest BCUT2D eigenvalue weighted by Gasteiger charge is -2.27. The number of ketones is 1. The minimum absolute atomic E-state index is 0.0447. The van der Waals surface area contributed by atoms with Crippen molar-refractivity contribution in [3.63, 3.8) is 0 Å². The van der Waals surface area contributed by atoms with Crippen molar-refractivity contribution in [2.45, 2.75) is 41.0 Å². The Labute approximate surface area is 86.9 Å².